The first kappa shape index (κ1) is 23.6. The number of halogens is 1. The number of carbonyl (C=O) groups is 2. The lowest BCUT2D eigenvalue weighted by atomic mass is 10.0. The molecule has 1 atom stereocenters. The van der Waals surface area contributed by atoms with E-state index >= 15 is 4.39 Å². The summed E-state index contributed by atoms with van der Waals surface area (Å²) in [5.41, 5.74) is 1.51. The van der Waals surface area contributed by atoms with E-state index < -0.39 is 11.7 Å². The Labute approximate surface area is 207 Å². The molecular weight excluding hydrogens is 461 g/mol. The molecule has 184 valence electrons. The summed E-state index contributed by atoms with van der Waals surface area (Å²) in [4.78, 5) is 32.2. The molecule has 1 fully saturated rings. The number of nitrogens with zero attached hydrogens (tertiary/aromatic N) is 5. The number of hydrogen-bond donors (Lipinski definition) is 2. The van der Waals surface area contributed by atoms with E-state index in [4.69, 9.17) is 0 Å². The Morgan fingerprint density at radius 3 is 2.75 bits per heavy atom. The van der Waals surface area contributed by atoms with Crippen LogP contribution >= 0.6 is 0 Å². The van der Waals surface area contributed by atoms with Crippen molar-refractivity contribution in [3.05, 3.63) is 71.8 Å². The monoisotopic (exact) mass is 487 g/mol. The van der Waals surface area contributed by atoms with Crippen molar-refractivity contribution in [1.29, 1.82) is 0 Å². The van der Waals surface area contributed by atoms with Crippen molar-refractivity contribution in [1.82, 2.24) is 30.6 Å². The molecule has 1 aliphatic rings. The Morgan fingerprint density at radius 2 is 2.06 bits per heavy atom. The minimum Gasteiger partial charge on any atom is -0.355 e. The van der Waals surface area contributed by atoms with E-state index in [0.717, 1.165) is 24.8 Å². The van der Waals surface area contributed by atoms with Gasteiger partial charge >= 0.3 is 0 Å². The zero-order valence-corrected chi connectivity index (χ0v) is 20.0. The van der Waals surface area contributed by atoms with Crippen LogP contribution in [0.15, 0.2) is 54.9 Å². The Hall–Kier alpha value is -4.18. The summed E-state index contributed by atoms with van der Waals surface area (Å²) in [6.07, 6.45) is 4.93. The van der Waals surface area contributed by atoms with Crippen LogP contribution < -0.4 is 15.5 Å². The smallest absolute Gasteiger partial charge is 0.262 e. The van der Waals surface area contributed by atoms with Crippen molar-refractivity contribution in [3.63, 3.8) is 0 Å². The van der Waals surface area contributed by atoms with E-state index in [9.17, 15) is 9.59 Å². The molecule has 1 saturated heterocycles. The van der Waals surface area contributed by atoms with Gasteiger partial charge in [0, 0.05) is 43.4 Å². The predicted octanol–water partition coefficient (Wildman–Crippen LogP) is 2.93. The fourth-order valence-electron chi connectivity index (χ4n) is 4.59. The number of hydrogen-bond acceptors (Lipinski definition) is 6. The van der Waals surface area contributed by atoms with Gasteiger partial charge in [0.15, 0.2) is 0 Å². The molecule has 1 aliphatic heterocycles. The number of nitrogens with one attached hydrogen (secondary N) is 2. The maximum absolute atomic E-state index is 15.3. The van der Waals surface area contributed by atoms with E-state index in [0.29, 0.717) is 34.6 Å². The van der Waals surface area contributed by atoms with Gasteiger partial charge in [-0.15, -0.1) is 5.10 Å². The second kappa shape index (κ2) is 9.82. The minimum absolute atomic E-state index is 0.0472. The molecule has 0 unspecified atom stereocenters. The van der Waals surface area contributed by atoms with E-state index in [2.05, 4.69) is 25.9 Å². The third kappa shape index (κ3) is 4.42. The van der Waals surface area contributed by atoms with Gasteiger partial charge in [-0.3, -0.25) is 19.2 Å². The summed E-state index contributed by atoms with van der Waals surface area (Å²) >= 11 is 0. The van der Waals surface area contributed by atoms with Gasteiger partial charge in [0.2, 0.25) is 0 Å². The maximum atomic E-state index is 15.3. The van der Waals surface area contributed by atoms with Crippen LogP contribution in [0.25, 0.3) is 22.0 Å². The molecule has 36 heavy (non-hydrogen) atoms. The molecule has 2 N–H and O–H groups in total. The quantitative estimate of drug-likeness (QED) is 0.449. The molecule has 10 heteroatoms. The molecular formula is C26H26FN7O2. The van der Waals surface area contributed by atoms with Gasteiger partial charge in [-0.25, -0.2) is 9.37 Å². The molecule has 4 aromatic rings. The number of benzene rings is 2. The van der Waals surface area contributed by atoms with Gasteiger partial charge in [0.25, 0.3) is 11.8 Å². The summed E-state index contributed by atoms with van der Waals surface area (Å²) in [7, 11) is 3.31. The van der Waals surface area contributed by atoms with Gasteiger partial charge in [0.05, 0.1) is 17.8 Å². The van der Waals surface area contributed by atoms with Crippen molar-refractivity contribution in [2.75, 3.05) is 25.0 Å². The first-order valence-corrected chi connectivity index (χ1v) is 11.8. The van der Waals surface area contributed by atoms with Crippen LogP contribution in [-0.4, -0.2) is 58.0 Å². The summed E-state index contributed by atoms with van der Waals surface area (Å²) in [6, 6.07) is 11.3. The maximum Gasteiger partial charge on any atom is 0.262 e. The minimum atomic E-state index is -0.640. The number of pyridine rings is 1. The van der Waals surface area contributed by atoms with Crippen molar-refractivity contribution < 1.29 is 14.0 Å². The van der Waals surface area contributed by atoms with E-state index in [1.165, 1.54) is 16.8 Å². The zero-order valence-electron chi connectivity index (χ0n) is 20.0. The fraction of sp³-hybridized carbons (Fsp3) is 0.269. The topological polar surface area (TPSA) is 105 Å². The Balaban J connectivity index is 1.58. The first-order valence-electron chi connectivity index (χ1n) is 11.8. The van der Waals surface area contributed by atoms with Gasteiger partial charge in [0.1, 0.15) is 17.3 Å². The molecule has 2 aromatic carbocycles. The highest BCUT2D eigenvalue weighted by molar-refractivity contribution is 6.11. The lowest BCUT2D eigenvalue weighted by Gasteiger charge is -2.34. The summed E-state index contributed by atoms with van der Waals surface area (Å²) in [5, 5.41) is 15.3. The lowest BCUT2D eigenvalue weighted by Crippen LogP contribution is -2.49. The molecule has 0 saturated carbocycles. The number of aromatic nitrogens is 4. The normalized spacial score (nSPS) is 15.6. The van der Waals surface area contributed by atoms with Crippen LogP contribution in [0.4, 0.5) is 10.2 Å². The molecule has 9 nitrogen and oxygen atoms in total. The van der Waals surface area contributed by atoms with Crippen molar-refractivity contribution in [2.45, 2.75) is 18.9 Å². The highest BCUT2D eigenvalue weighted by Crippen LogP contribution is 2.31. The Morgan fingerprint density at radius 1 is 1.19 bits per heavy atom. The van der Waals surface area contributed by atoms with E-state index in [1.807, 2.05) is 0 Å². The molecule has 0 spiro atoms. The van der Waals surface area contributed by atoms with Crippen molar-refractivity contribution in [3.8, 4) is 11.3 Å². The van der Waals surface area contributed by atoms with Crippen LogP contribution in [0.5, 0.6) is 0 Å². The van der Waals surface area contributed by atoms with Gasteiger partial charge < -0.3 is 10.6 Å². The van der Waals surface area contributed by atoms with Crippen molar-refractivity contribution in [2.24, 2.45) is 7.05 Å². The van der Waals surface area contributed by atoms with Gasteiger partial charge in [-0.2, -0.15) is 0 Å². The average molecular weight is 488 g/mol. The lowest BCUT2D eigenvalue weighted by molar-refractivity contribution is 0.0956. The predicted molar refractivity (Wildman–Crippen MR) is 134 cm³/mol. The van der Waals surface area contributed by atoms with Crippen LogP contribution in [0.3, 0.4) is 0 Å². The zero-order chi connectivity index (χ0) is 25.2. The van der Waals surface area contributed by atoms with Crippen LogP contribution in [0.2, 0.25) is 0 Å². The summed E-state index contributed by atoms with van der Waals surface area (Å²) in [5.74, 6) is -0.877. The third-order valence-electron chi connectivity index (χ3n) is 6.41. The Bertz CT molecular complexity index is 1450. The molecule has 2 aromatic heterocycles. The average Bonchev–Trinajstić information content (AvgIpc) is 3.35. The summed E-state index contributed by atoms with van der Waals surface area (Å²) in [6.45, 7) is 1.43. The second-order valence-electron chi connectivity index (χ2n) is 8.80. The standard InChI is InChI=1S/C26H26FN7O2/c1-28-25(35)18-6-7-20-16(12-18)9-11-30-24(20)34(19-4-3-10-29-14-19)26(36)21-8-5-17(13-22(21)27)23-15-33(2)32-31-23/h5-9,11-13,15,19,29H,3-4,10,14H2,1-2H3,(H,28,35)/t19-/m1/s1. The number of piperidine rings is 1. The second-order valence-corrected chi connectivity index (χ2v) is 8.80. The fourth-order valence-corrected chi connectivity index (χ4v) is 4.59. The van der Waals surface area contributed by atoms with E-state index in [1.54, 1.807) is 61.7 Å². The number of carbonyl (C=O) groups excluding carboxylic acids is 2. The molecule has 0 bridgehead atoms. The molecule has 0 radical (unpaired) electrons. The van der Waals surface area contributed by atoms with Crippen LogP contribution in [0.1, 0.15) is 33.6 Å². The summed E-state index contributed by atoms with van der Waals surface area (Å²) < 4.78 is 16.9. The first-order chi connectivity index (χ1) is 17.5. The number of amides is 2. The molecule has 2 amide bonds. The van der Waals surface area contributed by atoms with Gasteiger partial charge in [-0.1, -0.05) is 11.3 Å². The molecule has 3 heterocycles. The molecule has 5 rings (SSSR count). The SMILES string of the molecule is CNC(=O)c1ccc2c(N(C(=O)c3ccc(-c4cn(C)nn4)cc3F)[C@@H]3CCCNC3)nccc2c1. The molecule has 0 aliphatic carbocycles. The van der Waals surface area contributed by atoms with Crippen molar-refractivity contribution >= 4 is 28.4 Å². The van der Waals surface area contributed by atoms with Crippen LogP contribution in [-0.2, 0) is 7.05 Å². The Kier molecular flexibility index (Phi) is 6.43. The third-order valence-corrected chi connectivity index (χ3v) is 6.41. The van der Waals surface area contributed by atoms with E-state index in [-0.39, 0.29) is 17.5 Å². The largest absolute Gasteiger partial charge is 0.355 e. The highest BCUT2D eigenvalue weighted by atomic mass is 19.1. The number of aryl methyl sites for hydroxylation is 1. The van der Waals surface area contributed by atoms with Crippen LogP contribution in [0, 0.1) is 5.82 Å². The number of rotatable bonds is 5. The number of anilines is 1. The van der Waals surface area contributed by atoms with Gasteiger partial charge in [-0.05, 0) is 61.2 Å². The highest BCUT2D eigenvalue weighted by Gasteiger charge is 2.31. The number of fused-ring (bicyclic) bond motifs is 1.